The van der Waals surface area contributed by atoms with Gasteiger partial charge in [-0.15, -0.1) is 0 Å². The third-order valence-corrected chi connectivity index (χ3v) is 2.73. The fraction of sp³-hybridized carbons (Fsp3) is 0.538. The van der Waals surface area contributed by atoms with Crippen molar-refractivity contribution < 1.29 is 18.6 Å². The maximum atomic E-state index is 13.6. The van der Waals surface area contributed by atoms with E-state index in [0.29, 0.717) is 18.5 Å². The standard InChI is InChI=1S/C13H19F2NO2/c1-4-13(2,17)8-18-12-10(14)5-9(7-16-3)6-11(12)15/h5-6,16-17H,4,7-8H2,1-3H3. The van der Waals surface area contributed by atoms with E-state index in [0.717, 1.165) is 0 Å². The van der Waals surface area contributed by atoms with Crippen LogP contribution in [-0.2, 0) is 6.54 Å². The van der Waals surface area contributed by atoms with Crippen LogP contribution in [0.2, 0.25) is 0 Å². The number of aliphatic hydroxyl groups is 1. The summed E-state index contributed by atoms with van der Waals surface area (Å²) in [6.07, 6.45) is 0.439. The molecule has 0 aliphatic carbocycles. The summed E-state index contributed by atoms with van der Waals surface area (Å²) in [5.41, 5.74) is -0.593. The molecule has 0 fully saturated rings. The number of halogens is 2. The predicted octanol–water partition coefficient (Wildman–Crippen LogP) is 2.22. The molecule has 0 bridgehead atoms. The fourth-order valence-electron chi connectivity index (χ4n) is 1.39. The third-order valence-electron chi connectivity index (χ3n) is 2.73. The van der Waals surface area contributed by atoms with Crippen molar-refractivity contribution in [2.24, 2.45) is 0 Å². The average Bonchev–Trinajstić information content (AvgIpc) is 2.28. The molecule has 2 N–H and O–H groups in total. The summed E-state index contributed by atoms with van der Waals surface area (Å²) < 4.78 is 32.3. The van der Waals surface area contributed by atoms with Crippen molar-refractivity contribution in [2.45, 2.75) is 32.4 Å². The molecule has 0 aliphatic rings. The minimum Gasteiger partial charge on any atom is -0.485 e. The lowest BCUT2D eigenvalue weighted by atomic mass is 10.1. The Hall–Kier alpha value is -1.20. The zero-order valence-corrected chi connectivity index (χ0v) is 10.9. The lowest BCUT2D eigenvalue weighted by Gasteiger charge is -2.22. The Morgan fingerprint density at radius 3 is 2.33 bits per heavy atom. The molecule has 0 spiro atoms. The van der Waals surface area contributed by atoms with Crippen LogP contribution in [0.4, 0.5) is 8.78 Å². The quantitative estimate of drug-likeness (QED) is 0.823. The van der Waals surface area contributed by atoms with Gasteiger partial charge in [-0.1, -0.05) is 6.92 Å². The van der Waals surface area contributed by atoms with Crippen molar-refractivity contribution >= 4 is 0 Å². The fourth-order valence-corrected chi connectivity index (χ4v) is 1.39. The van der Waals surface area contributed by atoms with Crippen molar-refractivity contribution in [1.29, 1.82) is 0 Å². The lowest BCUT2D eigenvalue weighted by Crippen LogP contribution is -2.31. The molecular formula is C13H19F2NO2. The van der Waals surface area contributed by atoms with Gasteiger partial charge in [-0.25, -0.2) is 8.78 Å². The lowest BCUT2D eigenvalue weighted by molar-refractivity contribution is 0.00610. The average molecular weight is 259 g/mol. The van der Waals surface area contributed by atoms with E-state index in [1.807, 2.05) is 0 Å². The summed E-state index contributed by atoms with van der Waals surface area (Å²) in [6, 6.07) is 2.44. The topological polar surface area (TPSA) is 41.5 Å². The first kappa shape index (κ1) is 14.9. The van der Waals surface area contributed by atoms with Crippen LogP contribution in [0.25, 0.3) is 0 Å². The molecule has 0 aliphatic heterocycles. The van der Waals surface area contributed by atoms with Gasteiger partial charge in [-0.2, -0.15) is 0 Å². The molecule has 18 heavy (non-hydrogen) atoms. The second-order valence-electron chi connectivity index (χ2n) is 4.56. The number of hydrogen-bond donors (Lipinski definition) is 2. The van der Waals surface area contributed by atoms with Gasteiger partial charge in [0.15, 0.2) is 17.4 Å². The SMILES string of the molecule is CCC(C)(O)COc1c(F)cc(CNC)cc1F. The Kier molecular flexibility index (Phi) is 5.04. The van der Waals surface area contributed by atoms with Crippen molar-refractivity contribution in [1.82, 2.24) is 5.32 Å². The van der Waals surface area contributed by atoms with Crippen LogP contribution < -0.4 is 10.1 Å². The van der Waals surface area contributed by atoms with Crippen LogP contribution in [0.5, 0.6) is 5.75 Å². The smallest absolute Gasteiger partial charge is 0.190 e. The maximum Gasteiger partial charge on any atom is 0.190 e. The van der Waals surface area contributed by atoms with E-state index < -0.39 is 23.0 Å². The molecule has 102 valence electrons. The zero-order valence-electron chi connectivity index (χ0n) is 10.9. The molecule has 5 heteroatoms. The molecule has 3 nitrogen and oxygen atoms in total. The zero-order chi connectivity index (χ0) is 13.8. The van der Waals surface area contributed by atoms with E-state index in [1.165, 1.54) is 12.1 Å². The molecule has 1 atom stereocenters. The van der Waals surface area contributed by atoms with E-state index in [9.17, 15) is 13.9 Å². The van der Waals surface area contributed by atoms with E-state index in [1.54, 1.807) is 20.9 Å². The summed E-state index contributed by atoms with van der Waals surface area (Å²) in [6.45, 7) is 3.55. The second kappa shape index (κ2) is 6.11. The van der Waals surface area contributed by atoms with Crippen LogP contribution in [0.3, 0.4) is 0 Å². The summed E-state index contributed by atoms with van der Waals surface area (Å²) in [5.74, 6) is -1.96. The predicted molar refractivity (Wildman–Crippen MR) is 65.5 cm³/mol. The van der Waals surface area contributed by atoms with Crippen LogP contribution in [0.15, 0.2) is 12.1 Å². The van der Waals surface area contributed by atoms with Crippen molar-refractivity contribution in [3.63, 3.8) is 0 Å². The normalized spacial score (nSPS) is 14.3. The molecular weight excluding hydrogens is 240 g/mol. The van der Waals surface area contributed by atoms with Crippen LogP contribution in [-0.4, -0.2) is 24.4 Å². The Morgan fingerprint density at radius 2 is 1.89 bits per heavy atom. The highest BCUT2D eigenvalue weighted by molar-refractivity contribution is 5.31. The Bertz CT molecular complexity index is 385. The molecule has 0 saturated heterocycles. The number of rotatable bonds is 6. The van der Waals surface area contributed by atoms with Gasteiger partial charge in [-0.3, -0.25) is 0 Å². The molecule has 0 radical (unpaired) electrons. The molecule has 0 saturated carbocycles. The largest absolute Gasteiger partial charge is 0.485 e. The number of benzene rings is 1. The summed E-state index contributed by atoms with van der Waals surface area (Å²) >= 11 is 0. The molecule has 0 heterocycles. The van der Waals surface area contributed by atoms with Crippen LogP contribution >= 0.6 is 0 Å². The highest BCUT2D eigenvalue weighted by Crippen LogP contribution is 2.24. The van der Waals surface area contributed by atoms with Gasteiger partial charge < -0.3 is 15.2 Å². The molecule has 0 aromatic heterocycles. The van der Waals surface area contributed by atoms with Crippen molar-refractivity contribution in [3.8, 4) is 5.75 Å². The van der Waals surface area contributed by atoms with Gasteiger partial charge in [0.1, 0.15) is 6.61 Å². The molecule has 0 amide bonds. The molecule has 1 aromatic carbocycles. The van der Waals surface area contributed by atoms with Gasteiger partial charge in [0.25, 0.3) is 0 Å². The van der Waals surface area contributed by atoms with Crippen LogP contribution in [0.1, 0.15) is 25.8 Å². The first-order valence-corrected chi connectivity index (χ1v) is 5.87. The van der Waals surface area contributed by atoms with Gasteiger partial charge in [0.05, 0.1) is 5.60 Å². The Labute approximate surface area is 106 Å². The number of hydrogen-bond acceptors (Lipinski definition) is 3. The van der Waals surface area contributed by atoms with Crippen molar-refractivity contribution in [3.05, 3.63) is 29.3 Å². The summed E-state index contributed by atoms with van der Waals surface area (Å²) in [5, 5.41) is 12.5. The monoisotopic (exact) mass is 259 g/mol. The minimum atomic E-state index is -1.09. The highest BCUT2D eigenvalue weighted by atomic mass is 19.1. The first-order chi connectivity index (χ1) is 8.39. The first-order valence-electron chi connectivity index (χ1n) is 5.87. The van der Waals surface area contributed by atoms with E-state index in [4.69, 9.17) is 4.74 Å². The van der Waals surface area contributed by atoms with E-state index >= 15 is 0 Å². The highest BCUT2D eigenvalue weighted by Gasteiger charge is 2.21. The Morgan fingerprint density at radius 1 is 1.33 bits per heavy atom. The third kappa shape index (κ3) is 3.92. The van der Waals surface area contributed by atoms with Gasteiger partial charge in [0.2, 0.25) is 0 Å². The van der Waals surface area contributed by atoms with Crippen molar-refractivity contribution in [2.75, 3.05) is 13.7 Å². The Balaban J connectivity index is 2.84. The molecule has 1 aromatic rings. The maximum absolute atomic E-state index is 13.6. The van der Waals surface area contributed by atoms with Gasteiger partial charge in [0, 0.05) is 6.54 Å². The molecule has 1 unspecified atom stereocenters. The number of ether oxygens (including phenoxy) is 1. The summed E-state index contributed by atoms with van der Waals surface area (Å²) in [4.78, 5) is 0. The second-order valence-corrected chi connectivity index (χ2v) is 4.56. The summed E-state index contributed by atoms with van der Waals surface area (Å²) in [7, 11) is 1.69. The van der Waals surface area contributed by atoms with Gasteiger partial charge in [-0.05, 0) is 38.1 Å². The number of nitrogens with one attached hydrogen (secondary N) is 1. The molecule has 1 rings (SSSR count). The van der Waals surface area contributed by atoms with Crippen LogP contribution in [0, 0.1) is 11.6 Å². The van der Waals surface area contributed by atoms with E-state index in [2.05, 4.69) is 5.32 Å². The van der Waals surface area contributed by atoms with E-state index in [-0.39, 0.29) is 6.61 Å². The minimum absolute atomic E-state index is 0.150. The van der Waals surface area contributed by atoms with Gasteiger partial charge >= 0.3 is 0 Å².